The van der Waals surface area contributed by atoms with E-state index in [1.807, 2.05) is 0 Å². The summed E-state index contributed by atoms with van der Waals surface area (Å²) in [4.78, 5) is 11.1. The van der Waals surface area contributed by atoms with Crippen molar-refractivity contribution in [3.05, 3.63) is 0 Å². The van der Waals surface area contributed by atoms with Crippen LogP contribution >= 0.6 is 0 Å². The van der Waals surface area contributed by atoms with E-state index in [0.29, 0.717) is 0 Å². The number of ether oxygens (including phenoxy) is 2. The first-order valence-electron chi connectivity index (χ1n) is 5.86. The monoisotopic (exact) mass is 363 g/mol. The van der Waals surface area contributed by atoms with E-state index in [1.165, 1.54) is 0 Å². The first-order valence-corrected chi connectivity index (χ1v) is 5.86. The summed E-state index contributed by atoms with van der Waals surface area (Å²) in [6, 6.07) is -1.36. The van der Waals surface area contributed by atoms with Gasteiger partial charge in [-0.25, -0.2) is 0 Å². The van der Waals surface area contributed by atoms with E-state index in [1.54, 1.807) is 0 Å². The quantitative estimate of drug-likeness (QED) is 0.618. The molecule has 1 heterocycles. The lowest BCUT2D eigenvalue weighted by Crippen LogP contribution is -2.68. The molecule has 0 spiro atoms. The fourth-order valence-corrected chi connectivity index (χ4v) is 2.05. The lowest BCUT2D eigenvalue weighted by Gasteiger charge is -2.39. The molecule has 0 aromatic heterocycles. The van der Waals surface area contributed by atoms with Crippen LogP contribution in [0.4, 0.5) is 39.5 Å². The molecule has 1 saturated heterocycles. The van der Waals surface area contributed by atoms with E-state index < -0.39 is 55.2 Å². The minimum Gasteiger partial charge on any atom is -0.468 e. The number of carbonyl (C=O) groups is 1. The summed E-state index contributed by atoms with van der Waals surface area (Å²) in [5.41, 5.74) is -6.34. The maximum atomic E-state index is 12.7. The van der Waals surface area contributed by atoms with E-state index in [0.717, 1.165) is 7.11 Å². The highest BCUT2D eigenvalue weighted by molar-refractivity contribution is 5.76. The second-order valence-corrected chi connectivity index (χ2v) is 4.63. The number of hydrogen-bond acceptors (Lipinski definition) is 4. The number of hydrogen-bond donors (Lipinski definition) is 1. The maximum absolute atomic E-state index is 12.7. The van der Waals surface area contributed by atoms with Crippen LogP contribution in [0.1, 0.15) is 6.42 Å². The molecule has 2 atom stereocenters. The molecule has 1 rings (SSSR count). The van der Waals surface area contributed by atoms with Gasteiger partial charge in [0.15, 0.2) is 0 Å². The number of nitrogens with one attached hydrogen (secondary N) is 1. The number of esters is 1. The summed E-state index contributed by atoms with van der Waals surface area (Å²) < 4.78 is 122. The third-order valence-electron chi connectivity index (χ3n) is 3.12. The van der Waals surface area contributed by atoms with Crippen LogP contribution < -0.4 is 5.32 Å². The normalized spacial score (nSPS) is 23.9. The van der Waals surface area contributed by atoms with Gasteiger partial charge in [-0.1, -0.05) is 0 Å². The zero-order valence-electron chi connectivity index (χ0n) is 11.2. The van der Waals surface area contributed by atoms with Crippen molar-refractivity contribution < 1.29 is 53.8 Å². The van der Waals surface area contributed by atoms with Gasteiger partial charge < -0.3 is 14.8 Å². The Labute approximate surface area is 122 Å². The molecule has 1 aliphatic heterocycles. The SMILES string of the molecule is COC(=O)[C@@H]1C[C@@H](OC(C(F)(F)F)(C(F)(F)F)C(F)(F)F)CN1. The van der Waals surface area contributed by atoms with Crippen LogP contribution in [0.3, 0.4) is 0 Å². The van der Waals surface area contributed by atoms with Crippen LogP contribution in [0.2, 0.25) is 0 Å². The maximum Gasteiger partial charge on any atom is 0.435 e. The molecule has 1 N–H and O–H groups in total. The molecule has 0 aliphatic carbocycles. The van der Waals surface area contributed by atoms with Crippen molar-refractivity contribution in [1.82, 2.24) is 5.32 Å². The number of rotatable bonds is 3. The van der Waals surface area contributed by atoms with Crippen molar-refractivity contribution in [3.8, 4) is 0 Å². The van der Waals surface area contributed by atoms with Gasteiger partial charge >= 0.3 is 30.1 Å². The number of carbonyl (C=O) groups excluding carboxylic acids is 1. The van der Waals surface area contributed by atoms with Gasteiger partial charge in [0.25, 0.3) is 0 Å². The molecule has 1 aliphatic rings. The van der Waals surface area contributed by atoms with E-state index in [4.69, 9.17) is 0 Å². The second-order valence-electron chi connectivity index (χ2n) is 4.63. The van der Waals surface area contributed by atoms with Gasteiger partial charge in [0.2, 0.25) is 0 Å². The Balaban J connectivity index is 3.16. The number of methoxy groups -OCH3 is 1. The van der Waals surface area contributed by atoms with E-state index in [2.05, 4.69) is 14.8 Å². The number of halogens is 9. The van der Waals surface area contributed by atoms with Crippen molar-refractivity contribution in [2.24, 2.45) is 0 Å². The molecule has 13 heteroatoms. The Bertz CT molecular complexity index is 406. The molecular formula is C10H10F9NO3. The summed E-state index contributed by atoms with van der Waals surface area (Å²) in [5, 5.41) is 2.13. The Morgan fingerprint density at radius 3 is 1.74 bits per heavy atom. The Hall–Kier alpha value is -1.24. The molecule has 0 aromatic carbocycles. The second kappa shape index (κ2) is 6.00. The molecule has 0 aromatic rings. The predicted octanol–water partition coefficient (Wildman–Crippen LogP) is 2.33. The standard InChI is InChI=1S/C10H10F9NO3/c1-22-6(21)5-2-4(3-20-5)23-7(8(11,12)13,9(14,15)16)10(17,18)19/h4-5,20H,2-3H2,1H3/t4-,5+/m1/s1. The van der Waals surface area contributed by atoms with Gasteiger partial charge in [0.1, 0.15) is 6.04 Å². The Morgan fingerprint density at radius 2 is 1.39 bits per heavy atom. The average Bonchev–Trinajstić information content (AvgIpc) is 2.78. The van der Waals surface area contributed by atoms with Gasteiger partial charge in [-0.05, 0) is 0 Å². The molecule has 0 saturated carbocycles. The zero-order valence-corrected chi connectivity index (χ0v) is 11.2. The van der Waals surface area contributed by atoms with Crippen molar-refractivity contribution >= 4 is 5.97 Å². The Kier molecular flexibility index (Phi) is 5.17. The molecule has 4 nitrogen and oxygen atoms in total. The minimum absolute atomic E-state index is 0.816. The first-order chi connectivity index (χ1) is 10.2. The summed E-state index contributed by atoms with van der Waals surface area (Å²) in [6.45, 7) is -0.816. The van der Waals surface area contributed by atoms with Crippen molar-refractivity contribution in [3.63, 3.8) is 0 Å². The van der Waals surface area contributed by atoms with Crippen molar-refractivity contribution in [2.75, 3.05) is 13.7 Å². The predicted molar refractivity (Wildman–Crippen MR) is 54.2 cm³/mol. The Morgan fingerprint density at radius 1 is 0.957 bits per heavy atom. The first kappa shape index (κ1) is 19.8. The molecule has 1 fully saturated rings. The molecule has 0 radical (unpaired) electrons. The molecule has 0 bridgehead atoms. The largest absolute Gasteiger partial charge is 0.468 e. The highest BCUT2D eigenvalue weighted by Gasteiger charge is 2.86. The summed E-state index contributed by atoms with van der Waals surface area (Å²) in [5.74, 6) is -1.05. The molecule has 23 heavy (non-hydrogen) atoms. The van der Waals surface area contributed by atoms with Gasteiger partial charge in [-0.2, -0.15) is 39.5 Å². The van der Waals surface area contributed by atoms with Crippen LogP contribution in [-0.2, 0) is 14.3 Å². The van der Waals surface area contributed by atoms with Crippen LogP contribution in [0.25, 0.3) is 0 Å². The molecule has 0 amide bonds. The molecule has 0 unspecified atom stereocenters. The summed E-state index contributed by atoms with van der Waals surface area (Å²) in [7, 11) is 0.892. The van der Waals surface area contributed by atoms with E-state index in [9.17, 15) is 44.3 Å². The average molecular weight is 363 g/mol. The molecule has 136 valence electrons. The smallest absolute Gasteiger partial charge is 0.435 e. The van der Waals surface area contributed by atoms with Gasteiger partial charge in [0.05, 0.1) is 13.2 Å². The van der Waals surface area contributed by atoms with Crippen LogP contribution in [0.15, 0.2) is 0 Å². The highest BCUT2D eigenvalue weighted by atomic mass is 19.4. The van der Waals surface area contributed by atoms with Crippen LogP contribution in [-0.4, -0.2) is 55.9 Å². The third-order valence-corrected chi connectivity index (χ3v) is 3.12. The van der Waals surface area contributed by atoms with Crippen molar-refractivity contribution in [1.29, 1.82) is 0 Å². The fourth-order valence-electron chi connectivity index (χ4n) is 2.05. The van der Waals surface area contributed by atoms with Crippen LogP contribution in [0.5, 0.6) is 0 Å². The van der Waals surface area contributed by atoms with Gasteiger partial charge in [-0.3, -0.25) is 4.79 Å². The number of alkyl halides is 9. The van der Waals surface area contributed by atoms with Gasteiger partial charge in [0, 0.05) is 13.0 Å². The minimum atomic E-state index is -6.80. The zero-order chi connectivity index (χ0) is 18.3. The van der Waals surface area contributed by atoms with Crippen molar-refractivity contribution in [2.45, 2.75) is 42.7 Å². The lowest BCUT2D eigenvalue weighted by atomic mass is 10.0. The van der Waals surface area contributed by atoms with Crippen LogP contribution in [0, 0.1) is 0 Å². The highest BCUT2D eigenvalue weighted by Crippen LogP contribution is 2.55. The fraction of sp³-hybridized carbons (Fsp3) is 0.900. The van der Waals surface area contributed by atoms with E-state index in [-0.39, 0.29) is 0 Å². The summed E-state index contributed by atoms with van der Waals surface area (Å²) in [6.07, 6.45) is -23.4. The summed E-state index contributed by atoms with van der Waals surface area (Å²) >= 11 is 0. The van der Waals surface area contributed by atoms with Gasteiger partial charge in [-0.15, -0.1) is 0 Å². The topological polar surface area (TPSA) is 47.6 Å². The van der Waals surface area contributed by atoms with E-state index >= 15 is 0 Å². The molecular weight excluding hydrogens is 353 g/mol. The third kappa shape index (κ3) is 3.49. The lowest BCUT2D eigenvalue weighted by molar-refractivity contribution is -0.463.